The van der Waals surface area contributed by atoms with Crippen molar-refractivity contribution in [3.05, 3.63) is 93.7 Å². The lowest BCUT2D eigenvalue weighted by Crippen LogP contribution is -3.02. The second-order valence-electron chi connectivity index (χ2n) is 6.96. The van der Waals surface area contributed by atoms with Gasteiger partial charge in [0.15, 0.2) is 0 Å². The molecule has 7 nitrogen and oxygen atoms in total. The van der Waals surface area contributed by atoms with Gasteiger partial charge in [0.1, 0.15) is 28.2 Å². The van der Waals surface area contributed by atoms with Crippen LogP contribution in [0.5, 0.6) is 0 Å². The number of thiazole rings is 1. The molecule has 0 amide bonds. The fraction of sp³-hybridized carbons (Fsp3) is 0.0952. The molecule has 4 aromatic rings. The highest BCUT2D eigenvalue weighted by molar-refractivity contribution is 7.87. The van der Waals surface area contributed by atoms with Crippen LogP contribution in [0.2, 0.25) is 0 Å². The molecule has 0 saturated heterocycles. The molecule has 0 saturated carbocycles. The first kappa shape index (κ1) is 22.5. The summed E-state index contributed by atoms with van der Waals surface area (Å²) in [4.78, 5) is 5.67. The zero-order valence-corrected chi connectivity index (χ0v) is 18.9. The Kier molecular flexibility index (Phi) is 6.65. The number of thiophene rings is 1. The lowest BCUT2D eigenvalue weighted by molar-refractivity contribution is -0.814. The molecule has 1 unspecified atom stereocenters. The molecule has 0 aliphatic heterocycles. The standard InChI is InChI=1S/C21H18FN3O4S3/c22-15-3-1-4-17(12-15)25(26)19(18-13-31-21(23-18)20-5-2-10-30-20)11-14-6-8-16(9-7-14)24-32(27,28)29/h1-10,12-13,19,24-25H,11H2,(H,27,28,29)/t19-/m0/s1. The van der Waals surface area contributed by atoms with Gasteiger partial charge in [0.05, 0.1) is 10.6 Å². The highest BCUT2D eigenvalue weighted by Gasteiger charge is 2.25. The Morgan fingerprint density at radius 3 is 2.56 bits per heavy atom. The number of hydroxylamine groups is 1. The minimum absolute atomic E-state index is 0.192. The quantitative estimate of drug-likeness (QED) is 0.253. The van der Waals surface area contributed by atoms with E-state index in [0.29, 0.717) is 5.69 Å². The number of nitrogens with one attached hydrogen (secondary N) is 2. The van der Waals surface area contributed by atoms with Gasteiger partial charge in [-0.25, -0.2) is 9.37 Å². The van der Waals surface area contributed by atoms with Crippen LogP contribution in [-0.2, 0) is 16.7 Å². The van der Waals surface area contributed by atoms with Gasteiger partial charge in [0.25, 0.3) is 0 Å². The predicted octanol–water partition coefficient (Wildman–Crippen LogP) is 4.22. The van der Waals surface area contributed by atoms with Crippen molar-refractivity contribution >= 4 is 44.4 Å². The molecular weight excluding hydrogens is 473 g/mol. The summed E-state index contributed by atoms with van der Waals surface area (Å²) in [5, 5.41) is 17.7. The van der Waals surface area contributed by atoms with E-state index in [-0.39, 0.29) is 22.9 Å². The predicted molar refractivity (Wildman–Crippen MR) is 124 cm³/mol. The Morgan fingerprint density at radius 2 is 1.91 bits per heavy atom. The van der Waals surface area contributed by atoms with E-state index in [0.717, 1.165) is 15.4 Å². The average Bonchev–Trinajstić information content (AvgIpc) is 3.43. The number of rotatable bonds is 8. The van der Waals surface area contributed by atoms with E-state index in [2.05, 4.69) is 4.98 Å². The summed E-state index contributed by atoms with van der Waals surface area (Å²) in [5.74, 6) is -0.493. The molecule has 32 heavy (non-hydrogen) atoms. The van der Waals surface area contributed by atoms with Crippen LogP contribution in [-0.4, -0.2) is 18.0 Å². The van der Waals surface area contributed by atoms with Crippen LogP contribution in [0.1, 0.15) is 17.3 Å². The zero-order valence-electron chi connectivity index (χ0n) is 16.4. The zero-order chi connectivity index (χ0) is 22.7. The van der Waals surface area contributed by atoms with Crippen LogP contribution in [0.3, 0.4) is 0 Å². The third-order valence-corrected chi connectivity index (χ3v) is 7.07. The Balaban J connectivity index is 1.64. The van der Waals surface area contributed by atoms with Crippen LogP contribution in [0.15, 0.2) is 71.4 Å². The number of hydrogen-bond donors (Lipinski definition) is 3. The molecule has 2 aromatic carbocycles. The van der Waals surface area contributed by atoms with Gasteiger partial charge in [-0.3, -0.25) is 9.27 Å². The number of aromatic nitrogens is 1. The number of hydrogen-bond acceptors (Lipinski definition) is 6. The Hall–Kier alpha value is -2.67. The summed E-state index contributed by atoms with van der Waals surface area (Å²) in [5.41, 5.74) is 1.79. The van der Waals surface area contributed by atoms with Crippen molar-refractivity contribution in [1.29, 1.82) is 0 Å². The van der Waals surface area contributed by atoms with Crippen LogP contribution in [0.25, 0.3) is 9.88 Å². The normalized spacial score (nSPS) is 13.6. The number of anilines is 1. The second kappa shape index (κ2) is 9.45. The smallest absolute Gasteiger partial charge is 0.357 e. The van der Waals surface area contributed by atoms with Crippen molar-refractivity contribution < 1.29 is 22.4 Å². The Labute approximate surface area is 192 Å². The summed E-state index contributed by atoms with van der Waals surface area (Å²) in [6.45, 7) is 0. The number of benzene rings is 2. The maximum atomic E-state index is 13.7. The van der Waals surface area contributed by atoms with Crippen molar-refractivity contribution in [2.75, 3.05) is 4.72 Å². The van der Waals surface area contributed by atoms with Crippen molar-refractivity contribution in [3.63, 3.8) is 0 Å². The highest BCUT2D eigenvalue weighted by atomic mass is 32.2. The summed E-state index contributed by atoms with van der Waals surface area (Å²) < 4.78 is 46.6. The largest absolute Gasteiger partial charge is 0.628 e. The van der Waals surface area contributed by atoms with E-state index in [1.54, 1.807) is 29.5 Å². The second-order valence-corrected chi connectivity index (χ2v) is 9.92. The topological polar surface area (TPSA) is 107 Å². The van der Waals surface area contributed by atoms with E-state index in [1.807, 2.05) is 27.6 Å². The van der Waals surface area contributed by atoms with Gasteiger partial charge < -0.3 is 10.3 Å². The molecule has 3 N–H and O–H groups in total. The minimum Gasteiger partial charge on any atom is -0.628 e. The van der Waals surface area contributed by atoms with Crippen molar-refractivity contribution in [1.82, 2.24) is 4.98 Å². The maximum absolute atomic E-state index is 13.7. The van der Waals surface area contributed by atoms with E-state index in [4.69, 9.17) is 4.55 Å². The molecule has 11 heteroatoms. The van der Waals surface area contributed by atoms with Gasteiger partial charge in [-0.15, -0.1) is 22.7 Å². The van der Waals surface area contributed by atoms with Crippen molar-refractivity contribution in [2.45, 2.75) is 12.5 Å². The molecule has 0 spiro atoms. The van der Waals surface area contributed by atoms with Gasteiger partial charge in [0.2, 0.25) is 0 Å². The third kappa shape index (κ3) is 5.57. The molecule has 0 fully saturated rings. The van der Waals surface area contributed by atoms with Crippen LogP contribution in [0, 0.1) is 11.0 Å². The van der Waals surface area contributed by atoms with E-state index in [9.17, 15) is 18.0 Å². The molecular formula is C21H18FN3O4S3. The number of nitrogens with zero attached hydrogens (tertiary/aromatic N) is 1. The molecule has 0 bridgehead atoms. The molecule has 0 radical (unpaired) electrons. The average molecular weight is 492 g/mol. The molecule has 4 rings (SSSR count). The van der Waals surface area contributed by atoms with E-state index in [1.165, 1.54) is 41.7 Å². The van der Waals surface area contributed by atoms with E-state index >= 15 is 0 Å². The molecule has 2 aromatic heterocycles. The van der Waals surface area contributed by atoms with Crippen LogP contribution < -0.4 is 9.79 Å². The van der Waals surface area contributed by atoms with Crippen LogP contribution in [0.4, 0.5) is 15.8 Å². The number of quaternary nitrogens is 1. The van der Waals surface area contributed by atoms with Gasteiger partial charge >= 0.3 is 10.3 Å². The van der Waals surface area contributed by atoms with Crippen molar-refractivity contribution in [3.8, 4) is 9.88 Å². The van der Waals surface area contributed by atoms with Gasteiger partial charge in [-0.1, -0.05) is 24.3 Å². The molecule has 0 aliphatic rings. The molecule has 2 atom stereocenters. The summed E-state index contributed by atoms with van der Waals surface area (Å²) in [6, 6.07) is 15.1. The fourth-order valence-corrected chi connectivity index (χ4v) is 5.35. The first-order valence-electron chi connectivity index (χ1n) is 9.42. The van der Waals surface area contributed by atoms with Gasteiger partial charge in [-0.05, 0) is 41.3 Å². The minimum atomic E-state index is -4.38. The van der Waals surface area contributed by atoms with E-state index < -0.39 is 22.2 Å². The number of halogens is 1. The molecule has 0 aliphatic carbocycles. The van der Waals surface area contributed by atoms with Gasteiger partial charge in [0, 0.05) is 17.9 Å². The summed E-state index contributed by atoms with van der Waals surface area (Å²) >= 11 is 2.99. The van der Waals surface area contributed by atoms with Crippen molar-refractivity contribution in [2.24, 2.45) is 0 Å². The Morgan fingerprint density at radius 1 is 1.12 bits per heavy atom. The maximum Gasteiger partial charge on any atom is 0.357 e. The molecule has 166 valence electrons. The first-order chi connectivity index (χ1) is 15.3. The first-order valence-corrected chi connectivity index (χ1v) is 12.6. The molecule has 2 heterocycles. The lowest BCUT2D eigenvalue weighted by Gasteiger charge is -2.30. The summed E-state index contributed by atoms with van der Waals surface area (Å²) in [6.07, 6.45) is 0.287. The SMILES string of the molecule is O=S(=O)(O)Nc1ccc(C[C@@H](c2csc(-c3cccs3)n2)[NH+]([O-])c2cccc(F)c2)cc1. The monoisotopic (exact) mass is 491 g/mol. The van der Waals surface area contributed by atoms with Gasteiger partial charge in [-0.2, -0.15) is 8.42 Å². The third-order valence-electron chi connectivity index (χ3n) is 4.68. The van der Waals surface area contributed by atoms with Crippen LogP contribution >= 0.6 is 22.7 Å². The Bertz CT molecular complexity index is 1290. The highest BCUT2D eigenvalue weighted by Crippen LogP contribution is 2.30. The lowest BCUT2D eigenvalue weighted by atomic mass is 10.0. The fourth-order valence-electron chi connectivity index (χ4n) is 3.23. The summed E-state index contributed by atoms with van der Waals surface area (Å²) in [7, 11) is -4.38.